The van der Waals surface area contributed by atoms with E-state index in [9.17, 15) is 4.79 Å². The fourth-order valence-electron chi connectivity index (χ4n) is 3.87. The number of morpholine rings is 1. The van der Waals surface area contributed by atoms with Crippen LogP contribution >= 0.6 is 0 Å². The Kier molecular flexibility index (Phi) is 6.08. The first-order valence-electron chi connectivity index (χ1n) is 10.2. The summed E-state index contributed by atoms with van der Waals surface area (Å²) < 4.78 is 5.44. The number of carbonyl (C=O) groups is 1. The number of aromatic nitrogens is 2. The second-order valence-electron chi connectivity index (χ2n) is 7.49. The third-order valence-electron chi connectivity index (χ3n) is 5.42. The number of amides is 1. The average molecular weight is 394 g/mol. The largest absolute Gasteiger partial charge is 0.379 e. The zero-order valence-electron chi connectivity index (χ0n) is 16.5. The topological polar surface area (TPSA) is 97.3 Å². The molecule has 2 fully saturated rings. The molecule has 2 aliphatic rings. The summed E-state index contributed by atoms with van der Waals surface area (Å²) in [5, 5.41) is 11.9. The van der Waals surface area contributed by atoms with Crippen molar-refractivity contribution in [3.8, 4) is 6.07 Å². The van der Waals surface area contributed by atoms with Crippen LogP contribution in [0.2, 0.25) is 0 Å². The van der Waals surface area contributed by atoms with Gasteiger partial charge in [-0.2, -0.15) is 5.26 Å². The third kappa shape index (κ3) is 4.75. The van der Waals surface area contributed by atoms with Crippen LogP contribution in [0.5, 0.6) is 0 Å². The van der Waals surface area contributed by atoms with E-state index in [-0.39, 0.29) is 17.4 Å². The van der Waals surface area contributed by atoms with Crippen LogP contribution in [0.25, 0.3) is 0 Å². The van der Waals surface area contributed by atoms with Gasteiger partial charge in [-0.3, -0.25) is 9.69 Å². The Hall–Kier alpha value is -2.89. The molecule has 2 aliphatic heterocycles. The van der Waals surface area contributed by atoms with Gasteiger partial charge < -0.3 is 19.9 Å². The van der Waals surface area contributed by atoms with Gasteiger partial charge in [-0.05, 0) is 37.0 Å². The first kappa shape index (κ1) is 19.4. The van der Waals surface area contributed by atoms with E-state index in [4.69, 9.17) is 10.00 Å². The van der Waals surface area contributed by atoms with Gasteiger partial charge in [0.2, 0.25) is 0 Å². The van der Waals surface area contributed by atoms with Crippen LogP contribution in [0.15, 0.2) is 24.4 Å². The molecule has 3 heterocycles. The molecule has 0 radical (unpaired) electrons. The number of carbonyl (C=O) groups excluding carboxylic acids is 1. The van der Waals surface area contributed by atoms with Gasteiger partial charge in [-0.25, -0.2) is 4.98 Å². The molecule has 0 spiro atoms. The fraction of sp³-hybridized carbons (Fsp3) is 0.476. The Morgan fingerprint density at radius 1 is 1.21 bits per heavy atom. The Balaban J connectivity index is 1.55. The van der Waals surface area contributed by atoms with Crippen molar-refractivity contribution in [1.29, 1.82) is 5.26 Å². The van der Waals surface area contributed by atoms with E-state index in [0.29, 0.717) is 0 Å². The maximum Gasteiger partial charge on any atom is 0.291 e. The molecular formula is C21H26N6O2. The molecule has 0 atom stereocenters. The highest BCUT2D eigenvalue weighted by Gasteiger charge is 2.19. The lowest BCUT2D eigenvalue weighted by atomic mass is 10.1. The molecule has 1 aromatic carbocycles. The van der Waals surface area contributed by atoms with Crippen LogP contribution in [0.1, 0.15) is 41.1 Å². The Morgan fingerprint density at radius 2 is 2.00 bits per heavy atom. The number of nitrogens with zero attached hydrogens (tertiary/aromatic N) is 4. The molecule has 2 aromatic rings. The first-order valence-corrected chi connectivity index (χ1v) is 10.2. The third-order valence-corrected chi connectivity index (χ3v) is 5.42. The number of ether oxygens (including phenoxy) is 1. The summed E-state index contributed by atoms with van der Waals surface area (Å²) >= 11 is 0. The molecular weight excluding hydrogens is 368 g/mol. The van der Waals surface area contributed by atoms with Gasteiger partial charge >= 0.3 is 0 Å². The maximum atomic E-state index is 12.6. The van der Waals surface area contributed by atoms with E-state index in [1.54, 1.807) is 0 Å². The van der Waals surface area contributed by atoms with Crippen LogP contribution in [0.3, 0.4) is 0 Å². The molecule has 0 saturated carbocycles. The number of benzene rings is 1. The molecule has 0 bridgehead atoms. The first-order chi connectivity index (χ1) is 14.2. The van der Waals surface area contributed by atoms with Crippen LogP contribution in [-0.4, -0.2) is 60.2 Å². The highest BCUT2D eigenvalue weighted by Crippen LogP contribution is 2.30. The lowest BCUT2D eigenvalue weighted by Crippen LogP contribution is -2.35. The average Bonchev–Trinajstić information content (AvgIpc) is 3.26. The predicted octanol–water partition coefficient (Wildman–Crippen LogP) is 2.36. The molecule has 8 nitrogen and oxygen atoms in total. The van der Waals surface area contributed by atoms with Gasteiger partial charge in [0, 0.05) is 38.9 Å². The Morgan fingerprint density at radius 3 is 2.72 bits per heavy atom. The van der Waals surface area contributed by atoms with Crippen molar-refractivity contribution in [2.75, 3.05) is 49.6 Å². The van der Waals surface area contributed by atoms with E-state index in [0.717, 1.165) is 70.2 Å². The van der Waals surface area contributed by atoms with Crippen LogP contribution in [0, 0.1) is 11.3 Å². The number of imidazole rings is 1. The number of anilines is 2. The normalized spacial score (nSPS) is 17.7. The number of piperidine rings is 1. The molecule has 29 heavy (non-hydrogen) atoms. The Labute approximate surface area is 170 Å². The second kappa shape index (κ2) is 9.07. The van der Waals surface area contributed by atoms with Gasteiger partial charge in [-0.1, -0.05) is 6.07 Å². The van der Waals surface area contributed by atoms with Gasteiger partial charge in [0.15, 0.2) is 11.5 Å². The number of hydrogen-bond acceptors (Lipinski definition) is 6. The van der Waals surface area contributed by atoms with E-state index >= 15 is 0 Å². The second-order valence-corrected chi connectivity index (χ2v) is 7.49. The van der Waals surface area contributed by atoms with Gasteiger partial charge in [0.25, 0.3) is 5.91 Å². The quantitative estimate of drug-likeness (QED) is 0.808. The van der Waals surface area contributed by atoms with Crippen molar-refractivity contribution in [3.05, 3.63) is 41.5 Å². The minimum absolute atomic E-state index is 0.142. The summed E-state index contributed by atoms with van der Waals surface area (Å²) in [5.74, 6) is -0.200. The molecule has 152 valence electrons. The van der Waals surface area contributed by atoms with Crippen LogP contribution in [-0.2, 0) is 11.3 Å². The minimum Gasteiger partial charge on any atom is -0.379 e. The number of nitrogens with one attached hydrogen (secondary N) is 2. The highest BCUT2D eigenvalue weighted by atomic mass is 16.5. The zero-order valence-corrected chi connectivity index (χ0v) is 16.5. The van der Waals surface area contributed by atoms with Gasteiger partial charge in [-0.15, -0.1) is 0 Å². The summed E-state index contributed by atoms with van der Waals surface area (Å²) in [6, 6.07) is 8.17. The monoisotopic (exact) mass is 394 g/mol. The van der Waals surface area contributed by atoms with E-state index in [2.05, 4.69) is 37.2 Å². The van der Waals surface area contributed by atoms with Crippen LogP contribution in [0.4, 0.5) is 11.4 Å². The number of aromatic amines is 1. The van der Waals surface area contributed by atoms with Crippen molar-refractivity contribution in [1.82, 2.24) is 14.9 Å². The van der Waals surface area contributed by atoms with Crippen molar-refractivity contribution < 1.29 is 9.53 Å². The van der Waals surface area contributed by atoms with Crippen molar-refractivity contribution in [2.24, 2.45) is 0 Å². The number of nitriles is 1. The summed E-state index contributed by atoms with van der Waals surface area (Å²) in [6.07, 6.45) is 5.00. The van der Waals surface area contributed by atoms with Gasteiger partial charge in [0.1, 0.15) is 6.07 Å². The molecule has 8 heteroatoms. The molecule has 2 N–H and O–H groups in total. The summed E-state index contributed by atoms with van der Waals surface area (Å²) in [5.41, 5.74) is 3.26. The van der Waals surface area contributed by atoms with Crippen molar-refractivity contribution in [2.45, 2.75) is 25.8 Å². The number of H-pyrrole nitrogens is 1. The molecule has 4 rings (SSSR count). The summed E-state index contributed by atoms with van der Waals surface area (Å²) in [7, 11) is 0. The molecule has 1 amide bonds. The van der Waals surface area contributed by atoms with Crippen molar-refractivity contribution >= 4 is 17.3 Å². The maximum absolute atomic E-state index is 12.6. The molecule has 0 unspecified atom stereocenters. The van der Waals surface area contributed by atoms with E-state index in [1.807, 2.05) is 12.1 Å². The standard InChI is InChI=1S/C21H26N6O2/c22-13-17-14-23-20(24-17)21(28)25-18-5-4-16(15-26-8-10-29-11-9-26)12-19(18)27-6-2-1-3-7-27/h4-5,12,14H,1-3,6-11,15H2,(H,23,24)(H,25,28). The smallest absolute Gasteiger partial charge is 0.291 e. The number of rotatable bonds is 5. The van der Waals surface area contributed by atoms with Crippen LogP contribution < -0.4 is 10.2 Å². The number of hydrogen-bond donors (Lipinski definition) is 2. The molecule has 2 saturated heterocycles. The summed E-state index contributed by atoms with van der Waals surface area (Å²) in [6.45, 7) is 6.30. The fourth-order valence-corrected chi connectivity index (χ4v) is 3.87. The SMILES string of the molecule is N#Cc1c[nH]c(C(=O)Nc2ccc(CN3CCOCC3)cc2N2CCCCC2)n1. The lowest BCUT2D eigenvalue weighted by molar-refractivity contribution is 0.0342. The summed E-state index contributed by atoms with van der Waals surface area (Å²) in [4.78, 5) is 24.1. The van der Waals surface area contributed by atoms with Gasteiger partial charge in [0.05, 0.1) is 24.6 Å². The minimum atomic E-state index is -0.342. The highest BCUT2D eigenvalue weighted by molar-refractivity contribution is 6.03. The predicted molar refractivity (Wildman–Crippen MR) is 110 cm³/mol. The lowest BCUT2D eigenvalue weighted by Gasteiger charge is -2.32. The zero-order chi connectivity index (χ0) is 20.1. The molecule has 0 aliphatic carbocycles. The van der Waals surface area contributed by atoms with E-state index < -0.39 is 0 Å². The van der Waals surface area contributed by atoms with E-state index in [1.165, 1.54) is 18.2 Å². The molecule has 1 aromatic heterocycles. The Bertz CT molecular complexity index is 891. The van der Waals surface area contributed by atoms with Crippen molar-refractivity contribution in [3.63, 3.8) is 0 Å².